The average Bonchev–Trinajstić information content (AvgIpc) is 2.23. The summed E-state index contributed by atoms with van der Waals surface area (Å²) in [7, 11) is -3.52. The van der Waals surface area contributed by atoms with E-state index >= 15 is 0 Å². The van der Waals surface area contributed by atoms with Gasteiger partial charge >= 0.3 is 6.18 Å². The lowest BCUT2D eigenvalue weighted by atomic mass is 10.2. The molecule has 0 radical (unpaired) electrons. The molecular formula is C10H11ClF3NO3S. The third-order valence-electron chi connectivity index (χ3n) is 2.06. The van der Waals surface area contributed by atoms with Gasteiger partial charge in [0.25, 0.3) is 0 Å². The van der Waals surface area contributed by atoms with Crippen molar-refractivity contribution in [2.45, 2.75) is 17.6 Å². The zero-order valence-corrected chi connectivity index (χ0v) is 11.4. The monoisotopic (exact) mass is 317 g/mol. The van der Waals surface area contributed by atoms with Crippen molar-refractivity contribution >= 4 is 21.4 Å². The van der Waals surface area contributed by atoms with Gasteiger partial charge < -0.3 is 0 Å². The van der Waals surface area contributed by atoms with Crippen LogP contribution in [0.4, 0.5) is 13.2 Å². The number of hydrogen-bond donors (Lipinski definition) is 1. The van der Waals surface area contributed by atoms with Gasteiger partial charge in [-0.25, -0.2) is 8.42 Å². The van der Waals surface area contributed by atoms with Gasteiger partial charge in [-0.05, 0) is 12.1 Å². The molecule has 1 aromatic rings. The van der Waals surface area contributed by atoms with Crippen LogP contribution in [-0.2, 0) is 21.2 Å². The van der Waals surface area contributed by atoms with Crippen molar-refractivity contribution in [3.8, 4) is 0 Å². The van der Waals surface area contributed by atoms with Crippen LogP contribution >= 0.6 is 11.6 Å². The summed E-state index contributed by atoms with van der Waals surface area (Å²) in [4.78, 5) is 4.14. The molecule has 1 rings (SSSR count). The molecule has 0 saturated carbocycles. The molecule has 0 atom stereocenters. The Kier molecular flexibility index (Phi) is 5.19. The second-order valence-corrected chi connectivity index (χ2v) is 6.11. The van der Waals surface area contributed by atoms with Crippen LogP contribution in [0, 0.1) is 0 Å². The SMILES string of the molecule is CS(=O)(=O)c1cccc(Cl)c1CNOCC(F)(F)F. The zero-order valence-electron chi connectivity index (χ0n) is 9.79. The van der Waals surface area contributed by atoms with Gasteiger partial charge in [0.1, 0.15) is 0 Å². The third-order valence-corrected chi connectivity index (χ3v) is 3.60. The van der Waals surface area contributed by atoms with Crippen LogP contribution in [0.5, 0.6) is 0 Å². The number of hydrogen-bond acceptors (Lipinski definition) is 4. The lowest BCUT2D eigenvalue weighted by Gasteiger charge is -2.12. The minimum absolute atomic E-state index is 0.0527. The topological polar surface area (TPSA) is 55.4 Å². The van der Waals surface area contributed by atoms with Crippen LogP contribution in [-0.4, -0.2) is 27.5 Å². The molecule has 0 heterocycles. The van der Waals surface area contributed by atoms with Gasteiger partial charge in [0.15, 0.2) is 16.4 Å². The van der Waals surface area contributed by atoms with Gasteiger partial charge in [-0.2, -0.15) is 18.7 Å². The Balaban J connectivity index is 2.79. The minimum atomic E-state index is -4.47. The molecule has 1 N–H and O–H groups in total. The van der Waals surface area contributed by atoms with Gasteiger partial charge in [0.2, 0.25) is 0 Å². The maximum atomic E-state index is 11.8. The van der Waals surface area contributed by atoms with Crippen molar-refractivity contribution in [1.82, 2.24) is 5.48 Å². The van der Waals surface area contributed by atoms with Crippen LogP contribution in [0.25, 0.3) is 0 Å². The van der Waals surface area contributed by atoms with Crippen molar-refractivity contribution in [2.24, 2.45) is 0 Å². The Morgan fingerprint density at radius 1 is 1.37 bits per heavy atom. The lowest BCUT2D eigenvalue weighted by molar-refractivity contribution is -0.190. The Morgan fingerprint density at radius 3 is 2.53 bits per heavy atom. The van der Waals surface area contributed by atoms with Gasteiger partial charge in [-0.1, -0.05) is 17.7 Å². The number of alkyl halides is 3. The van der Waals surface area contributed by atoms with E-state index in [1.165, 1.54) is 18.2 Å². The Bertz CT molecular complexity index is 545. The third kappa shape index (κ3) is 5.35. The normalized spacial score (nSPS) is 12.7. The second-order valence-electron chi connectivity index (χ2n) is 3.71. The molecule has 4 nitrogen and oxygen atoms in total. The Labute approximate surface area is 113 Å². The number of rotatable bonds is 5. The first-order valence-electron chi connectivity index (χ1n) is 5.00. The molecule has 0 saturated heterocycles. The van der Waals surface area contributed by atoms with E-state index < -0.39 is 22.6 Å². The standard InChI is InChI=1S/C10H11ClF3NO3S/c1-19(16,17)9-4-2-3-8(11)7(9)5-15-18-6-10(12,13)14/h2-4,15H,5-6H2,1H3. The highest BCUT2D eigenvalue weighted by Crippen LogP contribution is 2.24. The number of halogens is 4. The van der Waals surface area contributed by atoms with E-state index in [2.05, 4.69) is 4.84 Å². The summed E-state index contributed by atoms with van der Waals surface area (Å²) in [5.74, 6) is 0. The zero-order chi connectivity index (χ0) is 14.7. The molecule has 9 heteroatoms. The Morgan fingerprint density at radius 2 is 2.00 bits per heavy atom. The molecule has 0 amide bonds. The number of sulfone groups is 1. The largest absolute Gasteiger partial charge is 0.413 e. The highest BCUT2D eigenvalue weighted by atomic mass is 35.5. The van der Waals surface area contributed by atoms with Crippen molar-refractivity contribution in [3.63, 3.8) is 0 Å². The first-order valence-corrected chi connectivity index (χ1v) is 7.27. The highest BCUT2D eigenvalue weighted by Gasteiger charge is 2.27. The lowest BCUT2D eigenvalue weighted by Crippen LogP contribution is -2.25. The van der Waals surface area contributed by atoms with Crippen molar-refractivity contribution < 1.29 is 26.4 Å². The average molecular weight is 318 g/mol. The summed E-state index contributed by atoms with van der Waals surface area (Å²) in [6, 6.07) is 4.21. The van der Waals surface area contributed by atoms with Gasteiger partial charge in [0.05, 0.1) is 4.90 Å². The molecule has 19 heavy (non-hydrogen) atoms. The van der Waals surface area contributed by atoms with Crippen molar-refractivity contribution in [3.05, 3.63) is 28.8 Å². The summed E-state index contributed by atoms with van der Waals surface area (Å²) in [6.45, 7) is -1.73. The number of nitrogens with one attached hydrogen (secondary N) is 1. The molecule has 0 bridgehead atoms. The van der Waals surface area contributed by atoms with Crippen LogP contribution in [0.15, 0.2) is 23.1 Å². The molecule has 0 spiro atoms. The number of benzene rings is 1. The fraction of sp³-hybridized carbons (Fsp3) is 0.400. The maximum Gasteiger partial charge on any atom is 0.413 e. The van der Waals surface area contributed by atoms with E-state index in [9.17, 15) is 21.6 Å². The number of hydroxylamine groups is 1. The summed E-state index contributed by atoms with van der Waals surface area (Å²) in [5.41, 5.74) is 2.20. The van der Waals surface area contributed by atoms with E-state index in [1.807, 2.05) is 5.48 Å². The van der Waals surface area contributed by atoms with E-state index in [0.29, 0.717) is 0 Å². The smallest absolute Gasteiger partial charge is 0.292 e. The molecule has 0 aliphatic rings. The maximum absolute atomic E-state index is 11.8. The molecule has 0 aliphatic heterocycles. The van der Waals surface area contributed by atoms with E-state index in [-0.39, 0.29) is 22.0 Å². The van der Waals surface area contributed by atoms with Crippen molar-refractivity contribution in [1.29, 1.82) is 0 Å². The molecular weight excluding hydrogens is 307 g/mol. The van der Waals surface area contributed by atoms with Crippen LogP contribution < -0.4 is 5.48 Å². The molecule has 108 valence electrons. The van der Waals surface area contributed by atoms with E-state index in [4.69, 9.17) is 11.6 Å². The molecule has 0 unspecified atom stereocenters. The van der Waals surface area contributed by atoms with Gasteiger partial charge in [-0.15, -0.1) is 0 Å². The molecule has 1 aromatic carbocycles. The van der Waals surface area contributed by atoms with Gasteiger partial charge in [-0.3, -0.25) is 4.84 Å². The molecule has 0 aromatic heterocycles. The summed E-state index contributed by atoms with van der Waals surface area (Å²) < 4.78 is 58.5. The quantitative estimate of drug-likeness (QED) is 0.669. The van der Waals surface area contributed by atoms with Crippen LogP contribution in [0.2, 0.25) is 5.02 Å². The highest BCUT2D eigenvalue weighted by molar-refractivity contribution is 7.90. The predicted molar refractivity (Wildman–Crippen MR) is 63.4 cm³/mol. The first kappa shape index (κ1) is 16.2. The van der Waals surface area contributed by atoms with Crippen LogP contribution in [0.1, 0.15) is 5.56 Å². The van der Waals surface area contributed by atoms with Crippen LogP contribution in [0.3, 0.4) is 0 Å². The summed E-state index contributed by atoms with van der Waals surface area (Å²) in [6.07, 6.45) is -3.48. The second kappa shape index (κ2) is 6.08. The van der Waals surface area contributed by atoms with E-state index in [1.54, 1.807) is 0 Å². The predicted octanol–water partition coefficient (Wildman–Crippen LogP) is 2.33. The summed E-state index contributed by atoms with van der Waals surface area (Å²) >= 11 is 5.82. The molecule has 0 aliphatic carbocycles. The van der Waals surface area contributed by atoms with Crippen molar-refractivity contribution in [2.75, 3.05) is 12.9 Å². The summed E-state index contributed by atoms with van der Waals surface area (Å²) in [5, 5.41) is 0.131. The van der Waals surface area contributed by atoms with Gasteiger partial charge in [0, 0.05) is 23.4 Å². The fourth-order valence-electron chi connectivity index (χ4n) is 1.31. The first-order chi connectivity index (χ1) is 8.61. The molecule has 0 fully saturated rings. The fourth-order valence-corrected chi connectivity index (χ4v) is 2.57. The van der Waals surface area contributed by atoms with E-state index in [0.717, 1.165) is 6.26 Å². The Hall–Kier alpha value is -0.830. The minimum Gasteiger partial charge on any atom is -0.292 e.